The highest BCUT2D eigenvalue weighted by molar-refractivity contribution is 7.98. The SMILES string of the molecule is CC.CC.COc1ccc2c(O[C@@H]3CC(C(N)=O)N(C(=O)[C@@H]([NH3+])CCCCC/C=C\C4CC4C(=O)NSC4CC4)C3)cc(OC(C)C)nc2c1C. The molecule has 5 rings (SSSR count). The first-order valence-electron chi connectivity index (χ1n) is 18.9. The van der Waals surface area contributed by atoms with E-state index in [0.717, 1.165) is 43.1 Å². The van der Waals surface area contributed by atoms with Crippen LogP contribution in [0.2, 0.25) is 0 Å². The second-order valence-electron chi connectivity index (χ2n) is 13.4. The standard InChI is InChI=1S/C35H49N5O6S.2C2H6/c1-20(2)45-31-18-30(25-14-15-29(44-4)21(3)32(25)38-31)46-23-17-28(33(37)41)40(19-23)35(43)27(36)11-9-7-5-6-8-10-22-16-26(22)34(42)39-47-24-12-13-24;2*1-2/h8,10,14-15,18,20,22-24,26-28H,5-7,9,11-13,16-17,19,36H2,1-4H3,(H2,37,41)(H,39,42);2*1-2H3/p+1/b10-8-;;/t22?,23-,26?,27+,28?;;/m1../s1. The Morgan fingerprint density at radius 1 is 1.10 bits per heavy atom. The van der Waals surface area contributed by atoms with Crippen LogP contribution in [0.15, 0.2) is 30.4 Å². The number of hydrogen-bond acceptors (Lipinski definition) is 8. The number of nitrogens with zero attached hydrogens (tertiary/aromatic N) is 2. The highest BCUT2D eigenvalue weighted by Crippen LogP contribution is 2.41. The van der Waals surface area contributed by atoms with Crippen molar-refractivity contribution in [1.82, 2.24) is 14.6 Å². The van der Waals surface area contributed by atoms with Crippen LogP contribution in [-0.2, 0) is 14.4 Å². The molecule has 3 fully saturated rings. The summed E-state index contributed by atoms with van der Waals surface area (Å²) in [6.45, 7) is 14.0. The van der Waals surface area contributed by atoms with Crippen LogP contribution in [0.25, 0.3) is 10.9 Å². The molecule has 12 heteroatoms. The summed E-state index contributed by atoms with van der Waals surface area (Å²) in [6.07, 6.45) is 11.9. The molecule has 3 unspecified atom stereocenters. The van der Waals surface area contributed by atoms with Crippen molar-refractivity contribution in [3.63, 3.8) is 0 Å². The Morgan fingerprint density at radius 3 is 2.47 bits per heavy atom. The minimum Gasteiger partial charge on any atom is -0.496 e. The first kappa shape index (κ1) is 41.9. The number of nitrogens with one attached hydrogen (secondary N) is 1. The number of primary amides is 1. The molecule has 2 saturated carbocycles. The Kier molecular flexibility index (Phi) is 16.9. The molecule has 1 saturated heterocycles. The number of aryl methyl sites for hydroxylation is 1. The molecule has 3 amide bonds. The summed E-state index contributed by atoms with van der Waals surface area (Å²) in [5.74, 6) is 1.63. The zero-order valence-electron chi connectivity index (χ0n) is 32.0. The highest BCUT2D eigenvalue weighted by Gasteiger charge is 2.43. The van der Waals surface area contributed by atoms with Crippen molar-refractivity contribution >= 4 is 40.6 Å². The van der Waals surface area contributed by atoms with Crippen molar-refractivity contribution in [3.8, 4) is 17.4 Å². The molecular weight excluding hydrogens is 667 g/mol. The Balaban J connectivity index is 0.00000169. The number of nitrogens with two attached hydrogens (primary N) is 1. The van der Waals surface area contributed by atoms with Gasteiger partial charge in [0.25, 0.3) is 5.91 Å². The number of benzene rings is 1. The summed E-state index contributed by atoms with van der Waals surface area (Å²) >= 11 is 1.58. The van der Waals surface area contributed by atoms with Crippen LogP contribution in [0.4, 0.5) is 0 Å². The van der Waals surface area contributed by atoms with Gasteiger partial charge in [-0.25, -0.2) is 4.98 Å². The number of likely N-dealkylation sites (tertiary alicyclic amines) is 1. The number of rotatable bonds is 17. The zero-order valence-corrected chi connectivity index (χ0v) is 32.9. The van der Waals surface area contributed by atoms with Crippen LogP contribution < -0.4 is 30.4 Å². The minimum atomic E-state index is -0.760. The fraction of sp³-hybridized carbons (Fsp3) is 0.641. The average molecular weight is 729 g/mol. The van der Waals surface area contributed by atoms with Gasteiger partial charge in [0.05, 0.1) is 25.3 Å². The molecule has 11 nitrogen and oxygen atoms in total. The summed E-state index contributed by atoms with van der Waals surface area (Å²) in [6, 6.07) is 4.28. The second-order valence-corrected chi connectivity index (χ2v) is 14.5. The van der Waals surface area contributed by atoms with E-state index in [1.807, 2.05) is 60.6 Å². The molecule has 0 spiro atoms. The van der Waals surface area contributed by atoms with Gasteiger partial charge in [0.2, 0.25) is 17.7 Å². The maximum absolute atomic E-state index is 13.5. The quantitative estimate of drug-likeness (QED) is 0.103. The smallest absolute Gasteiger partial charge is 0.281 e. The van der Waals surface area contributed by atoms with Crippen LogP contribution in [0, 0.1) is 18.8 Å². The van der Waals surface area contributed by atoms with Crippen molar-refractivity contribution < 1.29 is 34.3 Å². The van der Waals surface area contributed by atoms with Gasteiger partial charge in [-0.3, -0.25) is 19.1 Å². The third-order valence-corrected chi connectivity index (χ3v) is 10.2. The molecule has 6 N–H and O–H groups in total. The average Bonchev–Trinajstić information content (AvgIpc) is 4.06. The lowest BCUT2D eigenvalue weighted by atomic mass is 10.1. The van der Waals surface area contributed by atoms with E-state index >= 15 is 0 Å². The van der Waals surface area contributed by atoms with Crippen LogP contribution in [-0.4, -0.2) is 70.8 Å². The van der Waals surface area contributed by atoms with Gasteiger partial charge in [0, 0.05) is 41.0 Å². The van der Waals surface area contributed by atoms with Crippen LogP contribution in [0.1, 0.15) is 105 Å². The first-order chi connectivity index (χ1) is 24.5. The Morgan fingerprint density at radius 2 is 1.82 bits per heavy atom. The van der Waals surface area contributed by atoms with E-state index in [1.165, 1.54) is 12.8 Å². The van der Waals surface area contributed by atoms with Crippen molar-refractivity contribution in [3.05, 3.63) is 35.9 Å². The van der Waals surface area contributed by atoms with E-state index in [9.17, 15) is 14.4 Å². The summed E-state index contributed by atoms with van der Waals surface area (Å²) in [4.78, 5) is 44.4. The van der Waals surface area contributed by atoms with Crippen molar-refractivity contribution in [2.75, 3.05) is 13.7 Å². The van der Waals surface area contributed by atoms with E-state index in [4.69, 9.17) is 24.9 Å². The van der Waals surface area contributed by atoms with Gasteiger partial charge in [-0.05, 0) is 89.3 Å². The summed E-state index contributed by atoms with van der Waals surface area (Å²) < 4.78 is 20.9. The van der Waals surface area contributed by atoms with E-state index in [1.54, 1.807) is 30.0 Å². The number of hydrogen-bond donors (Lipinski definition) is 3. The van der Waals surface area contributed by atoms with Gasteiger partial charge < -0.3 is 30.6 Å². The molecule has 1 aromatic carbocycles. The molecule has 284 valence electrons. The Bertz CT molecular complexity index is 1480. The largest absolute Gasteiger partial charge is 0.496 e. The molecule has 5 atom stereocenters. The van der Waals surface area contributed by atoms with Crippen LogP contribution >= 0.6 is 11.9 Å². The molecule has 3 aliphatic rings. The Labute approximate surface area is 309 Å². The summed E-state index contributed by atoms with van der Waals surface area (Å²) in [7, 11) is 1.62. The lowest BCUT2D eigenvalue weighted by Crippen LogP contribution is -2.68. The minimum absolute atomic E-state index is 0.0893. The number of pyridine rings is 1. The topological polar surface area (TPSA) is 161 Å². The summed E-state index contributed by atoms with van der Waals surface area (Å²) in [5.41, 5.74) is 11.5. The van der Waals surface area contributed by atoms with E-state index in [-0.39, 0.29) is 30.4 Å². The fourth-order valence-corrected chi connectivity index (χ4v) is 6.95. The fourth-order valence-electron chi connectivity index (χ4n) is 6.14. The van der Waals surface area contributed by atoms with Gasteiger partial charge in [-0.1, -0.05) is 46.3 Å². The molecule has 51 heavy (non-hydrogen) atoms. The van der Waals surface area contributed by atoms with Gasteiger partial charge in [-0.2, -0.15) is 0 Å². The van der Waals surface area contributed by atoms with E-state index in [0.29, 0.717) is 46.9 Å². The van der Waals surface area contributed by atoms with Gasteiger partial charge in [-0.15, -0.1) is 0 Å². The lowest BCUT2D eigenvalue weighted by Gasteiger charge is -2.23. The highest BCUT2D eigenvalue weighted by atomic mass is 32.2. The molecule has 1 aromatic heterocycles. The molecule has 2 aliphatic carbocycles. The van der Waals surface area contributed by atoms with Crippen molar-refractivity contribution in [2.24, 2.45) is 17.6 Å². The number of fused-ring (bicyclic) bond motifs is 1. The maximum atomic E-state index is 13.5. The number of ether oxygens (including phenoxy) is 3. The van der Waals surface area contributed by atoms with Crippen LogP contribution in [0.3, 0.4) is 0 Å². The third-order valence-electron chi connectivity index (χ3n) is 9.05. The number of carbonyl (C=O) groups excluding carboxylic acids is 3. The number of aromatic nitrogens is 1. The molecule has 2 heterocycles. The normalized spacial score (nSPS) is 21.3. The summed E-state index contributed by atoms with van der Waals surface area (Å²) in [5, 5.41) is 1.41. The number of quaternary nitrogens is 1. The van der Waals surface area contributed by atoms with Crippen molar-refractivity contribution in [2.45, 2.75) is 136 Å². The van der Waals surface area contributed by atoms with E-state index in [2.05, 4.69) is 22.6 Å². The predicted octanol–water partition coefficient (Wildman–Crippen LogP) is 5.91. The van der Waals surface area contributed by atoms with Crippen molar-refractivity contribution in [1.29, 1.82) is 0 Å². The molecule has 0 bridgehead atoms. The number of unbranched alkanes of at least 4 members (excludes halogenated alkanes) is 3. The molecule has 0 radical (unpaired) electrons. The first-order valence-corrected chi connectivity index (χ1v) is 19.8. The number of amides is 3. The molecular formula is C39H62N5O6S+. The van der Waals surface area contributed by atoms with E-state index < -0.39 is 24.1 Å². The predicted molar refractivity (Wildman–Crippen MR) is 204 cm³/mol. The molecule has 1 aliphatic heterocycles. The second kappa shape index (κ2) is 20.5. The maximum Gasteiger partial charge on any atom is 0.281 e. The zero-order chi connectivity index (χ0) is 37.7. The van der Waals surface area contributed by atoms with Gasteiger partial charge in [0.1, 0.15) is 23.6 Å². The lowest BCUT2D eigenvalue weighted by molar-refractivity contribution is -0.407. The monoisotopic (exact) mass is 728 g/mol. The Hall–Kier alpha value is -3.51. The number of carbonyl (C=O) groups is 3. The van der Waals surface area contributed by atoms with Gasteiger partial charge >= 0.3 is 0 Å². The third kappa shape index (κ3) is 12.0. The number of allylic oxidation sites excluding steroid dienone is 2. The number of methoxy groups -OCH3 is 1. The van der Waals surface area contributed by atoms with Crippen LogP contribution in [0.5, 0.6) is 17.4 Å². The molecule has 2 aromatic rings. The van der Waals surface area contributed by atoms with Gasteiger partial charge in [0.15, 0.2) is 6.04 Å².